The number of hydrogen-bond acceptors (Lipinski definition) is 1. The molecule has 0 radical (unpaired) electrons. The molecule has 0 fully saturated rings. The summed E-state index contributed by atoms with van der Waals surface area (Å²) >= 11 is 0. The monoisotopic (exact) mass is 140 g/mol. The Morgan fingerprint density at radius 2 is 2.20 bits per heavy atom. The maximum Gasteiger partial charge on any atom is 0.0721 e. The van der Waals surface area contributed by atoms with Crippen molar-refractivity contribution >= 4 is 0 Å². The quantitative estimate of drug-likeness (QED) is 0.554. The van der Waals surface area contributed by atoms with E-state index < -0.39 is 0 Å². The first-order valence-electron chi connectivity index (χ1n) is 4.17. The van der Waals surface area contributed by atoms with Crippen LogP contribution in [0.1, 0.15) is 39.0 Å². The van der Waals surface area contributed by atoms with Crippen LogP contribution in [-0.2, 0) is 0 Å². The van der Waals surface area contributed by atoms with Crippen LogP contribution in [0, 0.1) is 0 Å². The van der Waals surface area contributed by atoms with Gasteiger partial charge in [0.15, 0.2) is 0 Å². The third kappa shape index (κ3) is 2.14. The van der Waals surface area contributed by atoms with E-state index in [-0.39, 0.29) is 6.10 Å². The van der Waals surface area contributed by atoms with Crippen LogP contribution < -0.4 is 0 Å². The Morgan fingerprint density at radius 1 is 1.40 bits per heavy atom. The summed E-state index contributed by atoms with van der Waals surface area (Å²) in [5.41, 5.74) is 1.25. The number of hydrogen-bond donors (Lipinski definition) is 1. The van der Waals surface area contributed by atoms with Crippen molar-refractivity contribution < 1.29 is 5.11 Å². The summed E-state index contributed by atoms with van der Waals surface area (Å²) in [6, 6.07) is 0. The van der Waals surface area contributed by atoms with Gasteiger partial charge in [-0.3, -0.25) is 0 Å². The Bertz CT molecular complexity index is 125. The van der Waals surface area contributed by atoms with Crippen LogP contribution in [0.4, 0.5) is 0 Å². The predicted octanol–water partition coefficient (Wildman–Crippen LogP) is 2.26. The molecule has 1 N–H and O–H groups in total. The fourth-order valence-electron chi connectivity index (χ4n) is 1.42. The first kappa shape index (κ1) is 7.80. The Morgan fingerprint density at radius 3 is 2.90 bits per heavy atom. The second kappa shape index (κ2) is 3.77. The van der Waals surface area contributed by atoms with Crippen LogP contribution in [0.2, 0.25) is 0 Å². The standard InChI is InChI=1S/C9H16O/c1-8(10)9-6-4-2-3-5-7-9/h6,8,10H,2-5,7H2,1H3/t8-/m1/s1. The van der Waals surface area contributed by atoms with E-state index in [0.29, 0.717) is 0 Å². The molecule has 1 heteroatoms. The molecule has 0 bridgehead atoms. The van der Waals surface area contributed by atoms with E-state index in [0.717, 1.165) is 6.42 Å². The van der Waals surface area contributed by atoms with Crippen molar-refractivity contribution in [3.63, 3.8) is 0 Å². The van der Waals surface area contributed by atoms with Crippen LogP contribution in [0.3, 0.4) is 0 Å². The fraction of sp³-hybridized carbons (Fsp3) is 0.778. The lowest BCUT2D eigenvalue weighted by Crippen LogP contribution is -2.03. The zero-order valence-electron chi connectivity index (χ0n) is 6.64. The van der Waals surface area contributed by atoms with Gasteiger partial charge in [-0.15, -0.1) is 0 Å². The molecule has 0 aliphatic heterocycles. The van der Waals surface area contributed by atoms with Gasteiger partial charge in [-0.2, -0.15) is 0 Å². The molecule has 1 rings (SSSR count). The Labute approximate surface area is 62.8 Å². The topological polar surface area (TPSA) is 20.2 Å². The first-order chi connectivity index (χ1) is 4.80. The molecular formula is C9H16O. The molecule has 1 atom stereocenters. The van der Waals surface area contributed by atoms with Gasteiger partial charge in [0.2, 0.25) is 0 Å². The van der Waals surface area contributed by atoms with Crippen molar-refractivity contribution in [2.75, 3.05) is 0 Å². The average Bonchev–Trinajstić information content (AvgIpc) is 2.12. The normalized spacial score (nSPS) is 23.2. The third-order valence-electron chi connectivity index (χ3n) is 2.11. The van der Waals surface area contributed by atoms with Gasteiger partial charge in [0.1, 0.15) is 0 Å². The summed E-state index contributed by atoms with van der Waals surface area (Å²) in [7, 11) is 0. The summed E-state index contributed by atoms with van der Waals surface area (Å²) in [6.45, 7) is 1.86. The van der Waals surface area contributed by atoms with Crippen molar-refractivity contribution in [2.24, 2.45) is 0 Å². The average molecular weight is 140 g/mol. The second-order valence-electron chi connectivity index (χ2n) is 3.05. The van der Waals surface area contributed by atoms with E-state index in [2.05, 4.69) is 6.08 Å². The minimum absolute atomic E-state index is 0.210. The molecule has 0 heterocycles. The SMILES string of the molecule is C[C@@H](O)C1=CCCCCC1. The van der Waals surface area contributed by atoms with Gasteiger partial charge in [-0.1, -0.05) is 12.5 Å². The Kier molecular flexibility index (Phi) is 2.94. The minimum atomic E-state index is -0.210. The predicted molar refractivity (Wildman–Crippen MR) is 42.8 cm³/mol. The fourth-order valence-corrected chi connectivity index (χ4v) is 1.42. The highest BCUT2D eigenvalue weighted by molar-refractivity contribution is 5.07. The Hall–Kier alpha value is -0.300. The molecule has 1 aliphatic carbocycles. The lowest BCUT2D eigenvalue weighted by Gasteiger charge is -2.06. The third-order valence-corrected chi connectivity index (χ3v) is 2.11. The molecule has 0 aromatic rings. The van der Waals surface area contributed by atoms with Crippen LogP contribution >= 0.6 is 0 Å². The van der Waals surface area contributed by atoms with Gasteiger partial charge < -0.3 is 5.11 Å². The summed E-state index contributed by atoms with van der Waals surface area (Å²) in [5.74, 6) is 0. The molecule has 1 nitrogen and oxygen atoms in total. The van der Waals surface area contributed by atoms with Crippen LogP contribution in [0.5, 0.6) is 0 Å². The maximum atomic E-state index is 9.23. The molecule has 0 amide bonds. The van der Waals surface area contributed by atoms with Gasteiger partial charge in [-0.25, -0.2) is 0 Å². The molecule has 0 unspecified atom stereocenters. The molecule has 58 valence electrons. The summed E-state index contributed by atoms with van der Waals surface area (Å²) < 4.78 is 0. The van der Waals surface area contributed by atoms with E-state index in [1.165, 1.54) is 31.3 Å². The zero-order valence-corrected chi connectivity index (χ0v) is 6.64. The van der Waals surface area contributed by atoms with Gasteiger partial charge in [0, 0.05) is 0 Å². The molecule has 1 aliphatic rings. The lowest BCUT2D eigenvalue weighted by molar-refractivity contribution is 0.226. The summed E-state index contributed by atoms with van der Waals surface area (Å²) in [6.07, 6.45) is 8.16. The minimum Gasteiger partial charge on any atom is -0.389 e. The highest BCUT2D eigenvalue weighted by Gasteiger charge is 2.06. The second-order valence-corrected chi connectivity index (χ2v) is 3.05. The van der Waals surface area contributed by atoms with Crippen LogP contribution in [-0.4, -0.2) is 11.2 Å². The van der Waals surface area contributed by atoms with Crippen molar-refractivity contribution in [1.82, 2.24) is 0 Å². The van der Waals surface area contributed by atoms with E-state index in [1.807, 2.05) is 6.92 Å². The van der Waals surface area contributed by atoms with Crippen molar-refractivity contribution in [3.05, 3.63) is 11.6 Å². The van der Waals surface area contributed by atoms with Gasteiger partial charge in [0.25, 0.3) is 0 Å². The van der Waals surface area contributed by atoms with Crippen molar-refractivity contribution in [3.8, 4) is 0 Å². The van der Waals surface area contributed by atoms with E-state index in [1.54, 1.807) is 0 Å². The van der Waals surface area contributed by atoms with Crippen LogP contribution in [0.25, 0.3) is 0 Å². The number of rotatable bonds is 1. The van der Waals surface area contributed by atoms with Gasteiger partial charge in [0.05, 0.1) is 6.10 Å². The maximum absolute atomic E-state index is 9.23. The highest BCUT2D eigenvalue weighted by atomic mass is 16.3. The smallest absolute Gasteiger partial charge is 0.0721 e. The molecule has 0 aromatic heterocycles. The summed E-state index contributed by atoms with van der Waals surface area (Å²) in [4.78, 5) is 0. The molecule has 0 saturated carbocycles. The van der Waals surface area contributed by atoms with Gasteiger partial charge in [-0.05, 0) is 38.2 Å². The molecule has 10 heavy (non-hydrogen) atoms. The lowest BCUT2D eigenvalue weighted by atomic mass is 10.1. The van der Waals surface area contributed by atoms with E-state index in [4.69, 9.17) is 0 Å². The van der Waals surface area contributed by atoms with E-state index in [9.17, 15) is 5.11 Å². The van der Waals surface area contributed by atoms with Crippen molar-refractivity contribution in [2.45, 2.75) is 45.1 Å². The Balaban J connectivity index is 2.46. The molecular weight excluding hydrogens is 124 g/mol. The van der Waals surface area contributed by atoms with Crippen molar-refractivity contribution in [1.29, 1.82) is 0 Å². The van der Waals surface area contributed by atoms with Gasteiger partial charge >= 0.3 is 0 Å². The number of allylic oxidation sites excluding steroid dienone is 1. The highest BCUT2D eigenvalue weighted by Crippen LogP contribution is 2.19. The molecule has 0 saturated heterocycles. The summed E-state index contributed by atoms with van der Waals surface area (Å²) in [5, 5.41) is 9.23. The van der Waals surface area contributed by atoms with E-state index >= 15 is 0 Å². The van der Waals surface area contributed by atoms with Crippen LogP contribution in [0.15, 0.2) is 11.6 Å². The molecule has 0 spiro atoms. The largest absolute Gasteiger partial charge is 0.389 e. The first-order valence-corrected chi connectivity index (χ1v) is 4.17. The number of aliphatic hydroxyl groups excluding tert-OH is 1. The number of aliphatic hydroxyl groups is 1. The zero-order chi connectivity index (χ0) is 7.40. The molecule has 0 aromatic carbocycles.